The van der Waals surface area contributed by atoms with Crippen molar-refractivity contribution in [3.8, 4) is 0 Å². The molecule has 17 heavy (non-hydrogen) atoms. The molecule has 0 aliphatic carbocycles. The van der Waals surface area contributed by atoms with Gasteiger partial charge >= 0.3 is 0 Å². The molecule has 1 unspecified atom stereocenters. The van der Waals surface area contributed by atoms with Gasteiger partial charge in [-0.3, -0.25) is 0 Å². The van der Waals surface area contributed by atoms with E-state index in [4.69, 9.17) is 11.6 Å². The standard InChI is InChI=1S/C12H16ClN3S/c1-3-9(4-5-13)16-11-10-6-8(2)17-12(10)15-7-14-11/h6-7,9H,3-5H2,1-2H3,(H,14,15,16). The summed E-state index contributed by atoms with van der Waals surface area (Å²) in [5.41, 5.74) is 0. The van der Waals surface area contributed by atoms with Gasteiger partial charge in [0.15, 0.2) is 0 Å². The number of thiophene rings is 1. The van der Waals surface area contributed by atoms with Crippen LogP contribution in [-0.4, -0.2) is 21.9 Å². The third-order valence-electron chi connectivity index (χ3n) is 2.74. The van der Waals surface area contributed by atoms with Gasteiger partial charge in [0.25, 0.3) is 0 Å². The normalized spacial score (nSPS) is 12.9. The van der Waals surface area contributed by atoms with Crippen molar-refractivity contribution >= 4 is 39.0 Å². The minimum absolute atomic E-state index is 0.380. The first-order chi connectivity index (χ1) is 8.24. The van der Waals surface area contributed by atoms with Gasteiger partial charge in [-0.1, -0.05) is 6.92 Å². The Morgan fingerprint density at radius 2 is 2.29 bits per heavy atom. The predicted octanol–water partition coefficient (Wildman–Crippen LogP) is 3.82. The molecule has 1 atom stereocenters. The molecule has 0 saturated heterocycles. The number of alkyl halides is 1. The molecule has 1 N–H and O–H groups in total. The van der Waals surface area contributed by atoms with Crippen molar-refractivity contribution in [1.29, 1.82) is 0 Å². The highest BCUT2D eigenvalue weighted by Crippen LogP contribution is 2.28. The van der Waals surface area contributed by atoms with Crippen LogP contribution in [0.2, 0.25) is 0 Å². The summed E-state index contributed by atoms with van der Waals surface area (Å²) >= 11 is 7.49. The summed E-state index contributed by atoms with van der Waals surface area (Å²) in [6.07, 6.45) is 3.61. The Hall–Kier alpha value is -0.870. The number of aryl methyl sites for hydroxylation is 1. The number of aromatic nitrogens is 2. The third-order valence-corrected chi connectivity index (χ3v) is 3.92. The van der Waals surface area contributed by atoms with Crippen molar-refractivity contribution in [2.45, 2.75) is 32.7 Å². The molecule has 3 nitrogen and oxygen atoms in total. The number of halogens is 1. The van der Waals surface area contributed by atoms with E-state index in [0.717, 1.165) is 28.9 Å². The lowest BCUT2D eigenvalue weighted by Gasteiger charge is -2.16. The first kappa shape index (κ1) is 12.6. The van der Waals surface area contributed by atoms with Crippen LogP contribution >= 0.6 is 22.9 Å². The van der Waals surface area contributed by atoms with E-state index in [-0.39, 0.29) is 0 Å². The Balaban J connectivity index is 2.28. The van der Waals surface area contributed by atoms with E-state index < -0.39 is 0 Å². The van der Waals surface area contributed by atoms with E-state index in [1.807, 2.05) is 0 Å². The number of nitrogens with zero attached hydrogens (tertiary/aromatic N) is 2. The molecule has 0 aromatic carbocycles. The van der Waals surface area contributed by atoms with E-state index in [9.17, 15) is 0 Å². The van der Waals surface area contributed by atoms with Crippen LogP contribution in [0.25, 0.3) is 10.2 Å². The lowest BCUT2D eigenvalue weighted by atomic mass is 10.1. The van der Waals surface area contributed by atoms with Crippen LogP contribution in [0.4, 0.5) is 5.82 Å². The molecule has 0 fully saturated rings. The average molecular weight is 270 g/mol. The van der Waals surface area contributed by atoms with Gasteiger partial charge < -0.3 is 5.32 Å². The zero-order valence-corrected chi connectivity index (χ0v) is 11.6. The fourth-order valence-corrected chi connectivity index (χ4v) is 2.91. The van der Waals surface area contributed by atoms with Gasteiger partial charge in [-0.05, 0) is 25.8 Å². The maximum atomic E-state index is 5.79. The molecule has 0 aliphatic heterocycles. The van der Waals surface area contributed by atoms with Crippen LogP contribution in [0.1, 0.15) is 24.6 Å². The highest BCUT2D eigenvalue weighted by molar-refractivity contribution is 7.18. The molecule has 2 aromatic heterocycles. The predicted molar refractivity (Wildman–Crippen MR) is 75.2 cm³/mol. The quantitative estimate of drug-likeness (QED) is 0.839. The number of rotatable bonds is 5. The van der Waals surface area contributed by atoms with Crippen molar-refractivity contribution < 1.29 is 0 Å². The molecule has 2 aromatic rings. The molecule has 2 heterocycles. The van der Waals surface area contributed by atoms with Crippen LogP contribution in [0.15, 0.2) is 12.4 Å². The Morgan fingerprint density at radius 3 is 3.00 bits per heavy atom. The van der Waals surface area contributed by atoms with E-state index in [1.165, 1.54) is 4.88 Å². The molecule has 0 aliphatic rings. The number of fused-ring (bicyclic) bond motifs is 1. The van der Waals surface area contributed by atoms with Crippen LogP contribution in [-0.2, 0) is 0 Å². The summed E-state index contributed by atoms with van der Waals surface area (Å²) in [6.45, 7) is 4.24. The summed E-state index contributed by atoms with van der Waals surface area (Å²) in [7, 11) is 0. The van der Waals surface area contributed by atoms with Crippen LogP contribution in [0.5, 0.6) is 0 Å². The highest BCUT2D eigenvalue weighted by Gasteiger charge is 2.10. The monoisotopic (exact) mass is 269 g/mol. The lowest BCUT2D eigenvalue weighted by molar-refractivity contribution is 0.673. The minimum Gasteiger partial charge on any atom is -0.367 e. The molecule has 0 radical (unpaired) electrons. The van der Waals surface area contributed by atoms with Crippen molar-refractivity contribution in [3.63, 3.8) is 0 Å². The lowest BCUT2D eigenvalue weighted by Crippen LogP contribution is -2.19. The maximum Gasteiger partial charge on any atom is 0.138 e. The number of nitrogens with one attached hydrogen (secondary N) is 1. The Bertz CT molecular complexity index is 497. The van der Waals surface area contributed by atoms with Crippen molar-refractivity contribution in [3.05, 3.63) is 17.3 Å². The summed E-state index contributed by atoms with van der Waals surface area (Å²) in [4.78, 5) is 10.9. The van der Waals surface area contributed by atoms with E-state index in [0.29, 0.717) is 11.9 Å². The first-order valence-electron chi connectivity index (χ1n) is 5.78. The number of hydrogen-bond donors (Lipinski definition) is 1. The van der Waals surface area contributed by atoms with Crippen LogP contribution < -0.4 is 5.32 Å². The molecular formula is C12H16ClN3S. The van der Waals surface area contributed by atoms with E-state index in [2.05, 4.69) is 35.2 Å². The van der Waals surface area contributed by atoms with Gasteiger partial charge in [0.2, 0.25) is 0 Å². The maximum absolute atomic E-state index is 5.79. The summed E-state index contributed by atoms with van der Waals surface area (Å²) in [5.74, 6) is 1.60. The van der Waals surface area contributed by atoms with Gasteiger partial charge in [-0.15, -0.1) is 22.9 Å². The summed E-state index contributed by atoms with van der Waals surface area (Å²) in [5, 5.41) is 4.57. The zero-order valence-electron chi connectivity index (χ0n) is 10.0. The van der Waals surface area contributed by atoms with Gasteiger partial charge in [0.1, 0.15) is 17.0 Å². The molecular weight excluding hydrogens is 254 g/mol. The number of anilines is 1. The smallest absolute Gasteiger partial charge is 0.138 e. The van der Waals surface area contributed by atoms with Crippen molar-refractivity contribution in [2.24, 2.45) is 0 Å². The number of hydrogen-bond acceptors (Lipinski definition) is 4. The summed E-state index contributed by atoms with van der Waals surface area (Å²) in [6, 6.07) is 2.52. The SMILES string of the molecule is CCC(CCCl)Nc1ncnc2sc(C)cc12. The van der Waals surface area contributed by atoms with Gasteiger partial charge in [0.05, 0.1) is 5.39 Å². The molecule has 0 amide bonds. The second-order valence-electron chi connectivity index (χ2n) is 4.03. The Kier molecular flexibility index (Phi) is 4.18. The molecule has 5 heteroatoms. The van der Waals surface area contributed by atoms with Crippen LogP contribution in [0.3, 0.4) is 0 Å². The Morgan fingerprint density at radius 1 is 1.47 bits per heavy atom. The second-order valence-corrected chi connectivity index (χ2v) is 5.64. The molecule has 2 rings (SSSR count). The fourth-order valence-electron chi connectivity index (χ4n) is 1.79. The summed E-state index contributed by atoms with van der Waals surface area (Å²) < 4.78 is 0. The highest BCUT2D eigenvalue weighted by atomic mass is 35.5. The van der Waals surface area contributed by atoms with Crippen molar-refractivity contribution in [1.82, 2.24) is 9.97 Å². The first-order valence-corrected chi connectivity index (χ1v) is 7.13. The largest absolute Gasteiger partial charge is 0.367 e. The van der Waals surface area contributed by atoms with Crippen LogP contribution in [0, 0.1) is 6.92 Å². The van der Waals surface area contributed by atoms with Gasteiger partial charge in [-0.2, -0.15) is 0 Å². The Labute approximate surface area is 110 Å². The molecule has 0 saturated carbocycles. The molecule has 0 bridgehead atoms. The fraction of sp³-hybridized carbons (Fsp3) is 0.500. The van der Waals surface area contributed by atoms with Gasteiger partial charge in [-0.25, -0.2) is 9.97 Å². The molecule has 92 valence electrons. The minimum atomic E-state index is 0.380. The van der Waals surface area contributed by atoms with Gasteiger partial charge in [0, 0.05) is 16.8 Å². The van der Waals surface area contributed by atoms with E-state index >= 15 is 0 Å². The molecule has 0 spiro atoms. The zero-order chi connectivity index (χ0) is 12.3. The third kappa shape index (κ3) is 2.87. The van der Waals surface area contributed by atoms with E-state index in [1.54, 1.807) is 17.7 Å². The van der Waals surface area contributed by atoms with Crippen molar-refractivity contribution in [2.75, 3.05) is 11.2 Å². The topological polar surface area (TPSA) is 37.8 Å². The second kappa shape index (κ2) is 5.65. The average Bonchev–Trinajstić information content (AvgIpc) is 2.70.